The van der Waals surface area contributed by atoms with Gasteiger partial charge in [0.2, 0.25) is 0 Å². The van der Waals surface area contributed by atoms with Crippen molar-refractivity contribution in [3.8, 4) is 0 Å². The largest absolute Gasteiger partial charge is 0.393 e. The van der Waals surface area contributed by atoms with Crippen LogP contribution in [0.15, 0.2) is 0 Å². The molecule has 0 aromatic rings. The number of urea groups is 1. The minimum atomic E-state index is -0.333. The Hall–Kier alpha value is -0.770. The molecular weight excluding hydrogens is 192 g/mol. The van der Waals surface area contributed by atoms with Crippen LogP contribution >= 0.6 is 0 Å². The topological polar surface area (TPSA) is 61.4 Å². The lowest BCUT2D eigenvalue weighted by atomic mass is 9.87. The van der Waals surface area contributed by atoms with Crippen molar-refractivity contribution >= 4 is 6.03 Å². The molecule has 3 N–H and O–H groups in total. The first-order chi connectivity index (χ1) is 6.87. The van der Waals surface area contributed by atoms with Gasteiger partial charge in [0.05, 0.1) is 6.10 Å². The minimum absolute atomic E-state index is 0.0717. The predicted octanol–water partition coefficient (Wildman–Crippen LogP) is 1.49. The van der Waals surface area contributed by atoms with E-state index in [9.17, 15) is 9.90 Å². The van der Waals surface area contributed by atoms with Crippen molar-refractivity contribution in [2.24, 2.45) is 5.41 Å². The molecule has 0 saturated carbocycles. The molecule has 0 aromatic heterocycles. The number of hydrogen-bond donors (Lipinski definition) is 3. The molecule has 0 heterocycles. The number of amides is 2. The first-order valence-electron chi connectivity index (χ1n) is 5.57. The van der Waals surface area contributed by atoms with Crippen LogP contribution in [0.5, 0.6) is 0 Å². The van der Waals surface area contributed by atoms with Gasteiger partial charge in [0.15, 0.2) is 0 Å². The highest BCUT2D eigenvalue weighted by molar-refractivity contribution is 5.73. The fourth-order valence-electron chi connectivity index (χ4n) is 1.49. The average molecular weight is 216 g/mol. The van der Waals surface area contributed by atoms with Crippen molar-refractivity contribution in [3.63, 3.8) is 0 Å². The summed E-state index contributed by atoms with van der Waals surface area (Å²) < 4.78 is 0. The second-order valence-electron chi connectivity index (χ2n) is 4.83. The quantitative estimate of drug-likeness (QED) is 0.630. The van der Waals surface area contributed by atoms with Crippen LogP contribution in [0.3, 0.4) is 0 Å². The number of carbonyl (C=O) groups excluding carboxylic acids is 1. The van der Waals surface area contributed by atoms with E-state index in [1.54, 1.807) is 6.92 Å². The lowest BCUT2D eigenvalue weighted by molar-refractivity contribution is 0.129. The van der Waals surface area contributed by atoms with Gasteiger partial charge in [0.1, 0.15) is 0 Å². The van der Waals surface area contributed by atoms with Gasteiger partial charge in [-0.3, -0.25) is 0 Å². The molecule has 4 heteroatoms. The van der Waals surface area contributed by atoms with Crippen molar-refractivity contribution in [2.45, 2.75) is 46.6 Å². The third-order valence-electron chi connectivity index (χ3n) is 2.11. The summed E-state index contributed by atoms with van der Waals surface area (Å²) in [4.78, 5) is 11.2. The fourth-order valence-corrected chi connectivity index (χ4v) is 1.49. The summed E-state index contributed by atoms with van der Waals surface area (Å²) in [5, 5.41) is 14.8. The van der Waals surface area contributed by atoms with E-state index < -0.39 is 0 Å². The van der Waals surface area contributed by atoms with E-state index >= 15 is 0 Å². The maximum absolute atomic E-state index is 11.2. The van der Waals surface area contributed by atoms with Crippen LogP contribution in [-0.2, 0) is 0 Å². The van der Waals surface area contributed by atoms with Crippen LogP contribution < -0.4 is 10.6 Å². The Labute approximate surface area is 92.4 Å². The summed E-state index contributed by atoms with van der Waals surface area (Å²) in [5.41, 5.74) is -0.0717. The van der Waals surface area contributed by atoms with Gasteiger partial charge in [-0.1, -0.05) is 20.8 Å². The zero-order valence-electron chi connectivity index (χ0n) is 10.3. The Bertz CT molecular complexity index is 191. The Morgan fingerprint density at radius 2 is 2.00 bits per heavy atom. The maximum Gasteiger partial charge on any atom is 0.314 e. The smallest absolute Gasteiger partial charge is 0.314 e. The highest BCUT2D eigenvalue weighted by Crippen LogP contribution is 2.20. The Balaban J connectivity index is 3.77. The number of nitrogens with one attached hydrogen (secondary N) is 2. The van der Waals surface area contributed by atoms with Crippen molar-refractivity contribution in [3.05, 3.63) is 0 Å². The van der Waals surface area contributed by atoms with Gasteiger partial charge in [-0.05, 0) is 25.2 Å². The zero-order chi connectivity index (χ0) is 11.9. The highest BCUT2D eigenvalue weighted by Gasteiger charge is 2.20. The lowest BCUT2D eigenvalue weighted by Crippen LogP contribution is -2.41. The van der Waals surface area contributed by atoms with Gasteiger partial charge < -0.3 is 15.7 Å². The van der Waals surface area contributed by atoms with E-state index in [2.05, 4.69) is 10.6 Å². The summed E-state index contributed by atoms with van der Waals surface area (Å²) in [6.45, 7) is 9.10. The summed E-state index contributed by atoms with van der Waals surface area (Å²) in [5.74, 6) is 0. The fraction of sp³-hybridized carbons (Fsp3) is 0.909. The SMILES string of the molecule is CCCNC(=O)NCC(C)(C)CC(C)O. The molecule has 0 radical (unpaired) electrons. The van der Waals surface area contributed by atoms with Crippen LogP contribution in [0.4, 0.5) is 4.79 Å². The number of carbonyl (C=O) groups is 1. The van der Waals surface area contributed by atoms with Gasteiger partial charge in [0, 0.05) is 13.1 Å². The third kappa shape index (κ3) is 8.24. The Morgan fingerprint density at radius 1 is 1.40 bits per heavy atom. The monoisotopic (exact) mass is 216 g/mol. The average Bonchev–Trinajstić information content (AvgIpc) is 2.09. The minimum Gasteiger partial charge on any atom is -0.393 e. The molecule has 1 unspecified atom stereocenters. The predicted molar refractivity (Wildman–Crippen MR) is 61.8 cm³/mol. The molecule has 0 aliphatic rings. The Morgan fingerprint density at radius 3 is 2.47 bits per heavy atom. The maximum atomic E-state index is 11.2. The van der Waals surface area contributed by atoms with Gasteiger partial charge in [0.25, 0.3) is 0 Å². The van der Waals surface area contributed by atoms with Gasteiger partial charge in [-0.2, -0.15) is 0 Å². The van der Waals surface area contributed by atoms with Crippen LogP contribution in [0.2, 0.25) is 0 Å². The number of rotatable bonds is 6. The van der Waals surface area contributed by atoms with Crippen LogP contribution in [0, 0.1) is 5.41 Å². The van der Waals surface area contributed by atoms with E-state index in [0.717, 1.165) is 6.42 Å². The van der Waals surface area contributed by atoms with E-state index in [-0.39, 0.29) is 17.6 Å². The molecule has 0 spiro atoms. The molecule has 1 atom stereocenters. The number of aliphatic hydroxyl groups is 1. The van der Waals surface area contributed by atoms with Crippen molar-refractivity contribution in [1.29, 1.82) is 0 Å². The van der Waals surface area contributed by atoms with Gasteiger partial charge >= 0.3 is 6.03 Å². The summed E-state index contributed by atoms with van der Waals surface area (Å²) in [7, 11) is 0. The van der Waals surface area contributed by atoms with Crippen molar-refractivity contribution in [2.75, 3.05) is 13.1 Å². The van der Waals surface area contributed by atoms with Crippen LogP contribution in [0.25, 0.3) is 0 Å². The molecule has 0 bridgehead atoms. The summed E-state index contributed by atoms with van der Waals surface area (Å²) in [6.07, 6.45) is 1.28. The van der Waals surface area contributed by atoms with Gasteiger partial charge in [-0.25, -0.2) is 4.79 Å². The first-order valence-corrected chi connectivity index (χ1v) is 5.57. The second kappa shape index (κ2) is 6.67. The van der Waals surface area contributed by atoms with Crippen LogP contribution in [0.1, 0.15) is 40.5 Å². The molecule has 0 aliphatic carbocycles. The lowest BCUT2D eigenvalue weighted by Gasteiger charge is -2.26. The van der Waals surface area contributed by atoms with E-state index in [0.29, 0.717) is 19.5 Å². The molecule has 0 aliphatic heterocycles. The standard InChI is InChI=1S/C11H24N2O2/c1-5-6-12-10(15)13-8-11(3,4)7-9(2)14/h9,14H,5-8H2,1-4H3,(H2,12,13,15). The molecule has 90 valence electrons. The summed E-state index contributed by atoms with van der Waals surface area (Å²) in [6, 6.07) is -0.129. The Kier molecular flexibility index (Phi) is 6.32. The van der Waals surface area contributed by atoms with Gasteiger partial charge in [-0.15, -0.1) is 0 Å². The highest BCUT2D eigenvalue weighted by atomic mass is 16.3. The molecule has 4 nitrogen and oxygen atoms in total. The molecule has 0 rings (SSSR count). The number of aliphatic hydroxyl groups excluding tert-OH is 1. The molecule has 15 heavy (non-hydrogen) atoms. The van der Waals surface area contributed by atoms with Crippen LogP contribution in [-0.4, -0.2) is 30.3 Å². The molecule has 0 aromatic carbocycles. The van der Waals surface area contributed by atoms with E-state index in [1.165, 1.54) is 0 Å². The molecular formula is C11H24N2O2. The third-order valence-corrected chi connectivity index (χ3v) is 2.11. The zero-order valence-corrected chi connectivity index (χ0v) is 10.3. The molecule has 0 saturated heterocycles. The summed E-state index contributed by atoms with van der Waals surface area (Å²) >= 11 is 0. The van der Waals surface area contributed by atoms with Crippen molar-refractivity contribution in [1.82, 2.24) is 10.6 Å². The second-order valence-corrected chi connectivity index (χ2v) is 4.83. The molecule has 2 amide bonds. The normalized spacial score (nSPS) is 13.4. The van der Waals surface area contributed by atoms with Crippen molar-refractivity contribution < 1.29 is 9.90 Å². The number of hydrogen-bond acceptors (Lipinski definition) is 2. The molecule has 0 fully saturated rings. The first kappa shape index (κ1) is 14.2. The van der Waals surface area contributed by atoms with E-state index in [4.69, 9.17) is 0 Å². The van der Waals surface area contributed by atoms with E-state index in [1.807, 2.05) is 20.8 Å².